The van der Waals surface area contributed by atoms with E-state index in [1.54, 1.807) is 0 Å². The van der Waals surface area contributed by atoms with Gasteiger partial charge in [-0.1, -0.05) is 18.9 Å². The molecule has 2 aliphatic rings. The standard InChI is InChI=1S/C12H16N2/c1-4-8-13-11(5-1)14-10-9-12(10)6-2-3-7-12/h1,4-5,8,10H,2-3,6-7,9H2,(H,13,14). The van der Waals surface area contributed by atoms with E-state index in [0.717, 1.165) is 5.82 Å². The maximum Gasteiger partial charge on any atom is 0.126 e. The summed E-state index contributed by atoms with van der Waals surface area (Å²) in [7, 11) is 0. The van der Waals surface area contributed by atoms with Gasteiger partial charge in [0.25, 0.3) is 0 Å². The van der Waals surface area contributed by atoms with Gasteiger partial charge in [0.2, 0.25) is 0 Å². The van der Waals surface area contributed by atoms with Gasteiger partial charge in [0.15, 0.2) is 0 Å². The Morgan fingerprint density at radius 1 is 1.29 bits per heavy atom. The molecule has 1 unspecified atom stereocenters. The average molecular weight is 188 g/mol. The lowest BCUT2D eigenvalue weighted by Crippen LogP contribution is -2.11. The topological polar surface area (TPSA) is 24.9 Å². The van der Waals surface area contributed by atoms with Crippen LogP contribution in [0.2, 0.25) is 0 Å². The quantitative estimate of drug-likeness (QED) is 0.772. The lowest BCUT2D eigenvalue weighted by Gasteiger charge is -2.09. The highest BCUT2D eigenvalue weighted by molar-refractivity contribution is 5.38. The van der Waals surface area contributed by atoms with Crippen LogP contribution in [0.4, 0.5) is 5.82 Å². The van der Waals surface area contributed by atoms with E-state index < -0.39 is 0 Å². The predicted octanol–water partition coefficient (Wildman–Crippen LogP) is 2.83. The van der Waals surface area contributed by atoms with Crippen molar-refractivity contribution in [1.29, 1.82) is 0 Å². The molecule has 14 heavy (non-hydrogen) atoms. The number of nitrogens with zero attached hydrogens (tertiary/aromatic N) is 1. The van der Waals surface area contributed by atoms with Gasteiger partial charge in [-0.15, -0.1) is 0 Å². The number of aromatic nitrogens is 1. The third-order valence-corrected chi connectivity index (χ3v) is 3.78. The summed E-state index contributed by atoms with van der Waals surface area (Å²) in [6.07, 6.45) is 8.94. The Morgan fingerprint density at radius 3 is 2.86 bits per heavy atom. The van der Waals surface area contributed by atoms with E-state index in [9.17, 15) is 0 Å². The van der Waals surface area contributed by atoms with Crippen molar-refractivity contribution in [3.05, 3.63) is 24.4 Å². The number of hydrogen-bond donors (Lipinski definition) is 1. The van der Waals surface area contributed by atoms with Gasteiger partial charge in [-0.05, 0) is 36.8 Å². The minimum atomic E-state index is 0.664. The van der Waals surface area contributed by atoms with Gasteiger partial charge in [0.05, 0.1) is 0 Å². The van der Waals surface area contributed by atoms with Crippen LogP contribution >= 0.6 is 0 Å². The fourth-order valence-electron chi connectivity index (χ4n) is 2.81. The van der Waals surface area contributed by atoms with Crippen LogP contribution < -0.4 is 5.32 Å². The van der Waals surface area contributed by atoms with Gasteiger partial charge >= 0.3 is 0 Å². The largest absolute Gasteiger partial charge is 0.367 e. The van der Waals surface area contributed by atoms with E-state index in [1.165, 1.54) is 32.1 Å². The summed E-state index contributed by atoms with van der Waals surface area (Å²) in [6.45, 7) is 0. The first kappa shape index (κ1) is 8.27. The maximum absolute atomic E-state index is 4.30. The second-order valence-corrected chi connectivity index (χ2v) is 4.69. The molecule has 1 aromatic rings. The zero-order valence-electron chi connectivity index (χ0n) is 8.37. The van der Waals surface area contributed by atoms with Crippen molar-refractivity contribution in [3.63, 3.8) is 0 Å². The minimum Gasteiger partial charge on any atom is -0.367 e. The lowest BCUT2D eigenvalue weighted by molar-refractivity contribution is 0.519. The van der Waals surface area contributed by atoms with Crippen LogP contribution in [-0.4, -0.2) is 11.0 Å². The van der Waals surface area contributed by atoms with Crippen molar-refractivity contribution < 1.29 is 0 Å². The Kier molecular flexibility index (Phi) is 1.76. The molecule has 1 atom stereocenters. The second-order valence-electron chi connectivity index (χ2n) is 4.69. The highest BCUT2D eigenvalue weighted by Crippen LogP contribution is 2.58. The molecule has 0 aromatic carbocycles. The first-order valence-corrected chi connectivity index (χ1v) is 5.57. The van der Waals surface area contributed by atoms with E-state index in [-0.39, 0.29) is 0 Å². The SMILES string of the molecule is c1ccc(NC2CC23CCCC3)nc1. The van der Waals surface area contributed by atoms with Crippen LogP contribution in [0.5, 0.6) is 0 Å². The van der Waals surface area contributed by atoms with Crippen LogP contribution in [0.15, 0.2) is 24.4 Å². The summed E-state index contributed by atoms with van der Waals surface area (Å²) in [6, 6.07) is 6.77. The van der Waals surface area contributed by atoms with Gasteiger partial charge < -0.3 is 5.32 Å². The van der Waals surface area contributed by atoms with E-state index >= 15 is 0 Å². The molecule has 2 nitrogen and oxygen atoms in total. The number of anilines is 1. The predicted molar refractivity (Wildman–Crippen MR) is 57.2 cm³/mol. The zero-order chi connectivity index (χ0) is 9.43. The summed E-state index contributed by atoms with van der Waals surface area (Å²) in [4.78, 5) is 4.30. The van der Waals surface area contributed by atoms with Crippen molar-refractivity contribution in [2.24, 2.45) is 5.41 Å². The molecule has 2 fully saturated rings. The van der Waals surface area contributed by atoms with E-state index in [0.29, 0.717) is 11.5 Å². The molecule has 3 rings (SSSR count). The lowest BCUT2D eigenvalue weighted by atomic mass is 10.1. The summed E-state index contributed by atoms with van der Waals surface area (Å²) in [5.41, 5.74) is 0.664. The summed E-state index contributed by atoms with van der Waals surface area (Å²) in [5, 5.41) is 3.54. The first-order chi connectivity index (χ1) is 6.89. The van der Waals surface area contributed by atoms with Crippen LogP contribution in [-0.2, 0) is 0 Å². The van der Waals surface area contributed by atoms with Crippen molar-refractivity contribution in [3.8, 4) is 0 Å². The molecule has 1 aromatic heterocycles. The molecule has 2 aliphatic carbocycles. The summed E-state index contributed by atoms with van der Waals surface area (Å²) < 4.78 is 0. The molecule has 0 aliphatic heterocycles. The maximum atomic E-state index is 4.30. The van der Waals surface area contributed by atoms with Crippen LogP contribution in [0.25, 0.3) is 0 Å². The Balaban J connectivity index is 1.65. The smallest absolute Gasteiger partial charge is 0.126 e. The highest BCUT2D eigenvalue weighted by Gasteiger charge is 2.55. The van der Waals surface area contributed by atoms with Gasteiger partial charge in [-0.25, -0.2) is 4.98 Å². The number of nitrogens with one attached hydrogen (secondary N) is 1. The molecule has 1 N–H and O–H groups in total. The third kappa shape index (κ3) is 1.29. The molecule has 0 bridgehead atoms. The fourth-order valence-corrected chi connectivity index (χ4v) is 2.81. The van der Waals surface area contributed by atoms with Gasteiger partial charge in [-0.2, -0.15) is 0 Å². The Labute approximate surface area is 84.7 Å². The van der Waals surface area contributed by atoms with Crippen molar-refractivity contribution >= 4 is 5.82 Å². The van der Waals surface area contributed by atoms with Crippen molar-refractivity contribution in [1.82, 2.24) is 4.98 Å². The van der Waals surface area contributed by atoms with Crippen LogP contribution in [0, 0.1) is 5.41 Å². The number of rotatable bonds is 2. The van der Waals surface area contributed by atoms with Crippen molar-refractivity contribution in [2.45, 2.75) is 38.1 Å². The molecule has 0 radical (unpaired) electrons. The molecule has 1 heterocycles. The van der Waals surface area contributed by atoms with E-state index in [1.807, 2.05) is 18.3 Å². The normalized spacial score (nSPS) is 27.9. The van der Waals surface area contributed by atoms with Gasteiger partial charge in [0, 0.05) is 12.2 Å². The molecule has 0 amide bonds. The molecular weight excluding hydrogens is 172 g/mol. The van der Waals surface area contributed by atoms with E-state index in [4.69, 9.17) is 0 Å². The monoisotopic (exact) mass is 188 g/mol. The number of pyridine rings is 1. The van der Waals surface area contributed by atoms with E-state index in [2.05, 4.69) is 16.4 Å². The molecule has 2 heteroatoms. The van der Waals surface area contributed by atoms with Gasteiger partial charge in [0.1, 0.15) is 5.82 Å². The zero-order valence-corrected chi connectivity index (χ0v) is 8.37. The molecule has 0 saturated heterocycles. The number of hydrogen-bond acceptors (Lipinski definition) is 2. The molecule has 1 spiro atoms. The second kappa shape index (κ2) is 2.97. The summed E-state index contributed by atoms with van der Waals surface area (Å²) in [5.74, 6) is 1.04. The Hall–Kier alpha value is -1.05. The minimum absolute atomic E-state index is 0.664. The molecule has 2 saturated carbocycles. The fraction of sp³-hybridized carbons (Fsp3) is 0.583. The third-order valence-electron chi connectivity index (χ3n) is 3.78. The molecule has 74 valence electrons. The summed E-state index contributed by atoms with van der Waals surface area (Å²) >= 11 is 0. The van der Waals surface area contributed by atoms with Crippen LogP contribution in [0.1, 0.15) is 32.1 Å². The average Bonchev–Trinajstić information content (AvgIpc) is 2.67. The molecular formula is C12H16N2. The van der Waals surface area contributed by atoms with Crippen molar-refractivity contribution in [2.75, 3.05) is 5.32 Å². The van der Waals surface area contributed by atoms with Crippen LogP contribution in [0.3, 0.4) is 0 Å². The van der Waals surface area contributed by atoms with Gasteiger partial charge in [-0.3, -0.25) is 0 Å². The highest BCUT2D eigenvalue weighted by atomic mass is 15.1. The Morgan fingerprint density at radius 2 is 2.14 bits per heavy atom. The Bertz CT molecular complexity index is 314. The first-order valence-electron chi connectivity index (χ1n) is 5.57.